The first-order valence-corrected chi connectivity index (χ1v) is 8.84. The van der Waals surface area contributed by atoms with Gasteiger partial charge in [0.2, 0.25) is 0 Å². The van der Waals surface area contributed by atoms with Crippen molar-refractivity contribution >= 4 is 16.6 Å². The summed E-state index contributed by atoms with van der Waals surface area (Å²) < 4.78 is 2.36. The molecule has 0 atom stereocenters. The lowest BCUT2D eigenvalue weighted by molar-refractivity contribution is 1.17. The summed E-state index contributed by atoms with van der Waals surface area (Å²) in [6.07, 6.45) is 0. The Bertz CT molecular complexity index is 1220. The molecule has 0 N–H and O–H groups in total. The highest BCUT2D eigenvalue weighted by Crippen LogP contribution is 2.36. The summed E-state index contributed by atoms with van der Waals surface area (Å²) >= 11 is 0. The predicted molar refractivity (Wildman–Crippen MR) is 108 cm³/mol. The predicted octanol–water partition coefficient (Wildman–Crippen LogP) is 6.13. The summed E-state index contributed by atoms with van der Waals surface area (Å²) in [5.41, 5.74) is 9.21. The second-order valence-electron chi connectivity index (χ2n) is 6.55. The third kappa shape index (κ3) is 2.23. The Morgan fingerprint density at radius 2 is 1.31 bits per heavy atom. The van der Waals surface area contributed by atoms with Gasteiger partial charge in [-0.15, -0.1) is 0 Å². The second-order valence-corrected chi connectivity index (χ2v) is 6.55. The SMILES string of the molecule is Cc1nc2ccccc2n2c(-c3ccccc3)cc(-c3ccccc3)c12. The largest absolute Gasteiger partial charge is 0.305 e. The van der Waals surface area contributed by atoms with Gasteiger partial charge in [-0.25, -0.2) is 4.98 Å². The molecule has 2 heterocycles. The minimum absolute atomic E-state index is 1.02. The van der Waals surface area contributed by atoms with E-state index in [1.165, 1.54) is 27.9 Å². The maximum absolute atomic E-state index is 4.88. The van der Waals surface area contributed by atoms with E-state index in [1.807, 2.05) is 6.07 Å². The molecule has 0 spiro atoms. The van der Waals surface area contributed by atoms with Gasteiger partial charge in [0.15, 0.2) is 0 Å². The molecule has 124 valence electrons. The number of aromatic nitrogens is 2. The third-order valence-electron chi connectivity index (χ3n) is 4.91. The highest BCUT2D eigenvalue weighted by atomic mass is 15.0. The van der Waals surface area contributed by atoms with E-state index in [0.717, 1.165) is 16.7 Å². The average molecular weight is 334 g/mol. The molecule has 5 aromatic rings. The number of benzene rings is 3. The van der Waals surface area contributed by atoms with E-state index in [1.54, 1.807) is 0 Å². The van der Waals surface area contributed by atoms with Crippen molar-refractivity contribution in [3.8, 4) is 22.4 Å². The van der Waals surface area contributed by atoms with Crippen LogP contribution in [0.2, 0.25) is 0 Å². The Balaban J connectivity index is 1.98. The van der Waals surface area contributed by atoms with Gasteiger partial charge in [0.1, 0.15) is 0 Å². The molecule has 0 unspecified atom stereocenters. The monoisotopic (exact) mass is 334 g/mol. The first-order valence-electron chi connectivity index (χ1n) is 8.84. The van der Waals surface area contributed by atoms with Crippen LogP contribution >= 0.6 is 0 Å². The minimum atomic E-state index is 1.02. The third-order valence-corrected chi connectivity index (χ3v) is 4.91. The number of nitrogens with zero attached hydrogens (tertiary/aromatic N) is 2. The lowest BCUT2D eigenvalue weighted by Gasteiger charge is -2.10. The van der Waals surface area contributed by atoms with Gasteiger partial charge in [0.05, 0.1) is 27.9 Å². The van der Waals surface area contributed by atoms with Crippen LogP contribution in [0.3, 0.4) is 0 Å². The minimum Gasteiger partial charge on any atom is -0.305 e. The maximum atomic E-state index is 4.88. The van der Waals surface area contributed by atoms with Crippen molar-refractivity contribution in [1.82, 2.24) is 9.38 Å². The molecule has 3 aromatic carbocycles. The molecule has 0 saturated heterocycles. The van der Waals surface area contributed by atoms with Gasteiger partial charge < -0.3 is 4.40 Å². The van der Waals surface area contributed by atoms with Crippen LogP contribution in [-0.2, 0) is 0 Å². The smallest absolute Gasteiger partial charge is 0.0874 e. The number of rotatable bonds is 2. The summed E-state index contributed by atoms with van der Waals surface area (Å²) in [4.78, 5) is 4.88. The molecule has 26 heavy (non-hydrogen) atoms. The van der Waals surface area contributed by atoms with Crippen LogP contribution in [0.25, 0.3) is 38.9 Å². The summed E-state index contributed by atoms with van der Waals surface area (Å²) in [5.74, 6) is 0. The van der Waals surface area contributed by atoms with Gasteiger partial charge in [-0.05, 0) is 36.2 Å². The lowest BCUT2D eigenvalue weighted by atomic mass is 10.1. The van der Waals surface area contributed by atoms with Crippen LogP contribution in [0.1, 0.15) is 5.69 Å². The molecular weight excluding hydrogens is 316 g/mol. The highest BCUT2D eigenvalue weighted by molar-refractivity contribution is 5.93. The fourth-order valence-electron chi connectivity index (χ4n) is 3.76. The molecule has 2 aromatic heterocycles. The van der Waals surface area contributed by atoms with Gasteiger partial charge in [-0.2, -0.15) is 0 Å². The van der Waals surface area contributed by atoms with E-state index >= 15 is 0 Å². The fourth-order valence-corrected chi connectivity index (χ4v) is 3.76. The first-order chi connectivity index (χ1) is 12.8. The Morgan fingerprint density at radius 1 is 0.692 bits per heavy atom. The van der Waals surface area contributed by atoms with Crippen molar-refractivity contribution in [3.05, 3.63) is 96.7 Å². The van der Waals surface area contributed by atoms with Crippen LogP contribution < -0.4 is 0 Å². The van der Waals surface area contributed by atoms with Gasteiger partial charge in [0, 0.05) is 5.56 Å². The van der Waals surface area contributed by atoms with Crippen LogP contribution in [0.15, 0.2) is 91.0 Å². The molecule has 2 heteroatoms. The number of hydrogen-bond donors (Lipinski definition) is 0. The number of hydrogen-bond acceptors (Lipinski definition) is 1. The zero-order valence-corrected chi connectivity index (χ0v) is 14.6. The van der Waals surface area contributed by atoms with Crippen molar-refractivity contribution in [2.75, 3.05) is 0 Å². The second kappa shape index (κ2) is 5.85. The average Bonchev–Trinajstić information content (AvgIpc) is 3.11. The van der Waals surface area contributed by atoms with Crippen LogP contribution in [0, 0.1) is 6.92 Å². The van der Waals surface area contributed by atoms with Gasteiger partial charge in [-0.3, -0.25) is 0 Å². The number of para-hydroxylation sites is 2. The van der Waals surface area contributed by atoms with Crippen LogP contribution in [0.4, 0.5) is 0 Å². The zero-order chi connectivity index (χ0) is 17.5. The van der Waals surface area contributed by atoms with E-state index in [9.17, 15) is 0 Å². The molecule has 5 rings (SSSR count). The molecule has 0 saturated carbocycles. The molecule has 2 nitrogen and oxygen atoms in total. The number of aryl methyl sites for hydroxylation is 1. The summed E-state index contributed by atoms with van der Waals surface area (Å²) in [7, 11) is 0. The van der Waals surface area contributed by atoms with E-state index in [4.69, 9.17) is 4.98 Å². The van der Waals surface area contributed by atoms with E-state index in [0.29, 0.717) is 0 Å². The Morgan fingerprint density at radius 3 is 2.04 bits per heavy atom. The standard InChI is InChI=1S/C24H18N2/c1-17-24-20(18-10-4-2-5-11-18)16-23(19-12-6-3-7-13-19)26(24)22-15-9-8-14-21(22)25-17/h2-16H,1H3. The number of fused-ring (bicyclic) bond motifs is 3. The van der Waals surface area contributed by atoms with Gasteiger partial charge in [-0.1, -0.05) is 72.8 Å². The summed E-state index contributed by atoms with van der Waals surface area (Å²) in [5, 5.41) is 0. The maximum Gasteiger partial charge on any atom is 0.0874 e. The van der Waals surface area contributed by atoms with Crippen molar-refractivity contribution in [1.29, 1.82) is 0 Å². The van der Waals surface area contributed by atoms with Gasteiger partial charge >= 0.3 is 0 Å². The first kappa shape index (κ1) is 14.9. The zero-order valence-electron chi connectivity index (χ0n) is 14.6. The fraction of sp³-hybridized carbons (Fsp3) is 0.0417. The molecule has 0 aliphatic heterocycles. The Labute approximate surface area is 152 Å². The van der Waals surface area contributed by atoms with Crippen molar-refractivity contribution in [2.24, 2.45) is 0 Å². The van der Waals surface area contributed by atoms with E-state index < -0.39 is 0 Å². The highest BCUT2D eigenvalue weighted by Gasteiger charge is 2.17. The van der Waals surface area contributed by atoms with Crippen LogP contribution in [-0.4, -0.2) is 9.38 Å². The van der Waals surface area contributed by atoms with E-state index in [-0.39, 0.29) is 0 Å². The van der Waals surface area contributed by atoms with Crippen LogP contribution in [0.5, 0.6) is 0 Å². The molecular formula is C24H18N2. The molecule has 0 aliphatic rings. The lowest BCUT2D eigenvalue weighted by Crippen LogP contribution is -1.97. The van der Waals surface area contributed by atoms with Crippen molar-refractivity contribution < 1.29 is 0 Å². The molecule has 0 radical (unpaired) electrons. The van der Waals surface area contributed by atoms with Crippen molar-refractivity contribution in [3.63, 3.8) is 0 Å². The summed E-state index contributed by atoms with van der Waals surface area (Å²) in [6.45, 7) is 2.10. The topological polar surface area (TPSA) is 17.3 Å². The van der Waals surface area contributed by atoms with Crippen molar-refractivity contribution in [2.45, 2.75) is 6.92 Å². The molecule has 0 amide bonds. The van der Waals surface area contributed by atoms with Gasteiger partial charge in [0.25, 0.3) is 0 Å². The normalized spacial score (nSPS) is 11.3. The summed E-state index contributed by atoms with van der Waals surface area (Å²) in [6, 6.07) is 31.8. The Hall–Kier alpha value is -3.39. The molecule has 0 bridgehead atoms. The quantitative estimate of drug-likeness (QED) is 0.379. The molecule has 0 fully saturated rings. The Kier molecular flexibility index (Phi) is 3.36. The molecule has 0 aliphatic carbocycles. The van der Waals surface area contributed by atoms with E-state index in [2.05, 4.69) is 96.3 Å².